The lowest BCUT2D eigenvalue weighted by Crippen LogP contribution is -2.35. The van der Waals surface area contributed by atoms with Gasteiger partial charge in [0.05, 0.1) is 4.47 Å². The van der Waals surface area contributed by atoms with Crippen LogP contribution in [0.3, 0.4) is 0 Å². The van der Waals surface area contributed by atoms with Gasteiger partial charge in [0.1, 0.15) is 0 Å². The third-order valence-corrected chi connectivity index (χ3v) is 4.26. The molecule has 0 bridgehead atoms. The van der Waals surface area contributed by atoms with Gasteiger partial charge in [-0.15, -0.1) is 0 Å². The number of nitrogens with zero attached hydrogens (tertiary/aromatic N) is 1. The molecule has 1 saturated carbocycles. The van der Waals surface area contributed by atoms with E-state index in [1.807, 2.05) is 0 Å². The van der Waals surface area contributed by atoms with Crippen molar-refractivity contribution in [2.75, 3.05) is 6.61 Å². The van der Waals surface area contributed by atoms with E-state index < -0.39 is 5.56 Å². The maximum atomic E-state index is 11.7. The summed E-state index contributed by atoms with van der Waals surface area (Å²) in [5.74, 6) is 0.565. The van der Waals surface area contributed by atoms with Crippen molar-refractivity contribution in [2.45, 2.75) is 32.2 Å². The molecular weight excluding hydrogens is 300 g/mol. The van der Waals surface area contributed by atoms with Crippen LogP contribution in [0.1, 0.15) is 25.7 Å². The molecule has 1 aromatic heterocycles. The Balaban J connectivity index is 2.20. The number of halogens is 1. The Hall–Kier alpha value is -0.880. The fourth-order valence-electron chi connectivity index (χ4n) is 2.64. The molecule has 0 aromatic carbocycles. The van der Waals surface area contributed by atoms with Crippen molar-refractivity contribution in [3.05, 3.63) is 31.5 Å². The van der Waals surface area contributed by atoms with Crippen molar-refractivity contribution < 1.29 is 5.11 Å². The molecule has 1 heterocycles. The third-order valence-electron chi connectivity index (χ3n) is 3.70. The molecule has 2 rings (SSSR count). The van der Waals surface area contributed by atoms with Crippen molar-refractivity contribution in [3.8, 4) is 0 Å². The van der Waals surface area contributed by atoms with Gasteiger partial charge in [0.15, 0.2) is 0 Å². The van der Waals surface area contributed by atoms with Crippen LogP contribution in [0.5, 0.6) is 0 Å². The average Bonchev–Trinajstić information content (AvgIpc) is 2.36. The van der Waals surface area contributed by atoms with E-state index in [0.717, 1.165) is 25.7 Å². The molecule has 0 radical (unpaired) electrons. The van der Waals surface area contributed by atoms with Gasteiger partial charge in [-0.1, -0.05) is 12.8 Å². The van der Waals surface area contributed by atoms with Crippen molar-refractivity contribution in [1.29, 1.82) is 0 Å². The molecule has 0 spiro atoms. The summed E-state index contributed by atoms with van der Waals surface area (Å²) in [5, 5.41) is 9.35. The van der Waals surface area contributed by atoms with Crippen LogP contribution in [0.15, 0.2) is 20.3 Å². The second kappa shape index (κ2) is 5.84. The molecule has 1 aromatic rings. The van der Waals surface area contributed by atoms with Crippen LogP contribution in [-0.2, 0) is 6.54 Å². The summed E-state index contributed by atoms with van der Waals surface area (Å²) in [6.07, 6.45) is 5.85. The first-order chi connectivity index (χ1) is 8.61. The maximum Gasteiger partial charge on any atom is 0.328 e. The lowest BCUT2D eigenvalue weighted by Gasteiger charge is -2.30. The molecule has 6 heteroatoms. The Labute approximate surface area is 113 Å². The molecule has 1 aliphatic rings. The zero-order valence-electron chi connectivity index (χ0n) is 10.1. The fourth-order valence-corrected chi connectivity index (χ4v) is 2.98. The third kappa shape index (κ3) is 2.92. The summed E-state index contributed by atoms with van der Waals surface area (Å²) in [4.78, 5) is 25.2. The minimum atomic E-state index is -0.404. The number of aliphatic hydroxyl groups is 1. The van der Waals surface area contributed by atoms with E-state index in [2.05, 4.69) is 20.9 Å². The highest BCUT2D eigenvalue weighted by Crippen LogP contribution is 2.30. The Morgan fingerprint density at radius 3 is 2.67 bits per heavy atom. The van der Waals surface area contributed by atoms with E-state index in [1.165, 1.54) is 10.8 Å². The summed E-state index contributed by atoms with van der Waals surface area (Å²) < 4.78 is 1.88. The molecule has 2 unspecified atom stereocenters. The summed E-state index contributed by atoms with van der Waals surface area (Å²) in [7, 11) is 0. The van der Waals surface area contributed by atoms with E-state index in [-0.39, 0.29) is 18.2 Å². The molecule has 5 nitrogen and oxygen atoms in total. The Morgan fingerprint density at radius 2 is 2.00 bits per heavy atom. The number of H-pyrrole nitrogens is 1. The zero-order chi connectivity index (χ0) is 13.1. The smallest absolute Gasteiger partial charge is 0.328 e. The maximum absolute atomic E-state index is 11.7. The zero-order valence-corrected chi connectivity index (χ0v) is 11.6. The highest BCUT2D eigenvalue weighted by Gasteiger charge is 2.25. The molecule has 100 valence electrons. The quantitative estimate of drug-likeness (QED) is 0.876. The minimum Gasteiger partial charge on any atom is -0.396 e. The molecule has 2 N–H and O–H groups in total. The largest absolute Gasteiger partial charge is 0.396 e. The number of nitrogens with one attached hydrogen (secondary N) is 1. The number of rotatable bonds is 3. The van der Waals surface area contributed by atoms with E-state index in [4.69, 9.17) is 0 Å². The predicted octanol–water partition coefficient (Wildman–Crippen LogP) is 1.10. The first-order valence-corrected chi connectivity index (χ1v) is 7.01. The lowest BCUT2D eigenvalue weighted by molar-refractivity contribution is 0.122. The van der Waals surface area contributed by atoms with E-state index >= 15 is 0 Å². The second-order valence-corrected chi connectivity index (χ2v) is 5.73. The number of hydrogen-bond donors (Lipinski definition) is 2. The first-order valence-electron chi connectivity index (χ1n) is 6.22. The molecule has 1 fully saturated rings. The standard InChI is InChI=1S/C12H17BrN2O3/c13-10-6-15(12(18)14-11(10)17)5-8-3-1-2-4-9(8)7-16/h6,8-9,16H,1-5,7H2,(H,14,17,18). The van der Waals surface area contributed by atoms with Gasteiger partial charge in [0.25, 0.3) is 5.56 Å². The van der Waals surface area contributed by atoms with Gasteiger partial charge in [-0.25, -0.2) is 4.79 Å². The van der Waals surface area contributed by atoms with Crippen LogP contribution >= 0.6 is 15.9 Å². The predicted molar refractivity (Wildman–Crippen MR) is 71.6 cm³/mol. The van der Waals surface area contributed by atoms with E-state index in [1.54, 1.807) is 0 Å². The van der Waals surface area contributed by atoms with Crippen molar-refractivity contribution in [2.24, 2.45) is 11.8 Å². The van der Waals surface area contributed by atoms with E-state index in [0.29, 0.717) is 16.9 Å². The van der Waals surface area contributed by atoms with Crippen LogP contribution < -0.4 is 11.2 Å². The first kappa shape index (κ1) is 13.5. The Kier molecular flexibility index (Phi) is 4.40. The van der Waals surface area contributed by atoms with Crippen LogP contribution in [0.2, 0.25) is 0 Å². The summed E-state index contributed by atoms with van der Waals surface area (Å²) in [5.41, 5.74) is -0.788. The number of aliphatic hydroxyl groups excluding tert-OH is 1. The average molecular weight is 317 g/mol. The van der Waals surface area contributed by atoms with Gasteiger partial charge in [-0.2, -0.15) is 0 Å². The van der Waals surface area contributed by atoms with Gasteiger partial charge in [0.2, 0.25) is 0 Å². The van der Waals surface area contributed by atoms with Gasteiger partial charge in [-0.3, -0.25) is 14.3 Å². The minimum absolute atomic E-state index is 0.171. The molecule has 0 saturated heterocycles. The SMILES string of the molecule is O=c1[nH]c(=O)n(CC2CCCCC2CO)cc1Br. The van der Waals surface area contributed by atoms with Gasteiger partial charge >= 0.3 is 5.69 Å². The molecule has 2 atom stereocenters. The Bertz CT molecular complexity index is 523. The van der Waals surface area contributed by atoms with Crippen molar-refractivity contribution in [1.82, 2.24) is 9.55 Å². The number of hydrogen-bond acceptors (Lipinski definition) is 3. The lowest BCUT2D eigenvalue weighted by atomic mass is 9.79. The number of aromatic amines is 1. The number of aromatic nitrogens is 2. The summed E-state index contributed by atoms with van der Waals surface area (Å²) in [6.45, 7) is 0.726. The van der Waals surface area contributed by atoms with Crippen LogP contribution in [0.4, 0.5) is 0 Å². The molecule has 0 amide bonds. The monoisotopic (exact) mass is 316 g/mol. The van der Waals surface area contributed by atoms with Crippen molar-refractivity contribution in [3.63, 3.8) is 0 Å². The van der Waals surface area contributed by atoms with Gasteiger partial charge < -0.3 is 5.11 Å². The van der Waals surface area contributed by atoms with Gasteiger partial charge in [-0.05, 0) is 40.6 Å². The fraction of sp³-hybridized carbons (Fsp3) is 0.667. The highest BCUT2D eigenvalue weighted by molar-refractivity contribution is 9.10. The molecule has 18 heavy (non-hydrogen) atoms. The highest BCUT2D eigenvalue weighted by atomic mass is 79.9. The van der Waals surface area contributed by atoms with Crippen molar-refractivity contribution >= 4 is 15.9 Å². The molecular formula is C12H17BrN2O3. The van der Waals surface area contributed by atoms with Gasteiger partial charge in [0, 0.05) is 19.3 Å². The summed E-state index contributed by atoms with van der Waals surface area (Å²) in [6, 6.07) is 0. The van der Waals surface area contributed by atoms with E-state index in [9.17, 15) is 14.7 Å². The second-order valence-electron chi connectivity index (χ2n) is 4.88. The molecule has 1 aliphatic carbocycles. The Morgan fingerprint density at radius 1 is 1.33 bits per heavy atom. The topological polar surface area (TPSA) is 75.1 Å². The normalized spacial score (nSPS) is 24.1. The molecule has 0 aliphatic heterocycles. The van der Waals surface area contributed by atoms with Crippen LogP contribution in [0, 0.1) is 11.8 Å². The van der Waals surface area contributed by atoms with Crippen LogP contribution in [0.25, 0.3) is 0 Å². The summed E-state index contributed by atoms with van der Waals surface area (Å²) >= 11 is 3.12. The van der Waals surface area contributed by atoms with Crippen LogP contribution in [-0.4, -0.2) is 21.3 Å².